The van der Waals surface area contributed by atoms with E-state index in [0.29, 0.717) is 43.2 Å². The molecule has 2 aromatic heterocycles. The quantitative estimate of drug-likeness (QED) is 0.269. The Kier molecular flexibility index (Phi) is 7.61. The molecule has 10 nitrogen and oxygen atoms in total. The van der Waals surface area contributed by atoms with Gasteiger partial charge in [-0.15, -0.1) is 0 Å². The van der Waals surface area contributed by atoms with Crippen molar-refractivity contribution in [1.29, 1.82) is 0 Å². The number of likely N-dealkylation sites (tertiary alicyclic amines) is 1. The Morgan fingerprint density at radius 2 is 1.89 bits per heavy atom. The Morgan fingerprint density at radius 3 is 2.72 bits per heavy atom. The molecule has 4 heterocycles. The summed E-state index contributed by atoms with van der Waals surface area (Å²) in [4.78, 5) is 18.9. The topological polar surface area (TPSA) is 113 Å². The van der Waals surface area contributed by atoms with E-state index in [1.165, 1.54) is 38.9 Å². The molecule has 248 valence electrons. The van der Waals surface area contributed by atoms with Crippen LogP contribution in [0.4, 0.5) is 10.2 Å². The third-order valence-corrected chi connectivity index (χ3v) is 10.6. The van der Waals surface area contributed by atoms with Crippen LogP contribution in [0.1, 0.15) is 51.9 Å². The van der Waals surface area contributed by atoms with Crippen molar-refractivity contribution in [3.8, 4) is 28.9 Å². The number of phenolic OH excluding ortho intramolecular Hbond substituents is 1. The fraction of sp³-hybridized carbons (Fsp3) is 0.528. The predicted molar refractivity (Wildman–Crippen MR) is 177 cm³/mol. The van der Waals surface area contributed by atoms with E-state index < -0.39 is 11.4 Å². The number of anilines is 1. The van der Waals surface area contributed by atoms with Crippen molar-refractivity contribution >= 4 is 27.5 Å². The number of piperidine rings is 1. The summed E-state index contributed by atoms with van der Waals surface area (Å²) in [5, 5.41) is 23.4. The first kappa shape index (κ1) is 30.5. The Morgan fingerprint density at radius 1 is 1.06 bits per heavy atom. The Bertz CT molecular complexity index is 1830. The zero-order chi connectivity index (χ0) is 32.3. The maximum Gasteiger partial charge on any atom is 0.319 e. The second kappa shape index (κ2) is 11.7. The molecule has 11 heteroatoms. The molecule has 2 aliphatic carbocycles. The van der Waals surface area contributed by atoms with E-state index in [9.17, 15) is 10.2 Å². The lowest BCUT2D eigenvalue weighted by molar-refractivity contribution is -0.0123. The molecule has 0 radical (unpaired) electrons. The van der Waals surface area contributed by atoms with Crippen LogP contribution in [0.5, 0.6) is 17.6 Å². The standard InChI is InChI=1S/C36H42FN5O5/c1-35(44)19-41(15-16-46-20-35)32-28-31(29(37)30(38-33(28)45-2)26-18-24(43)17-22-7-3-4-8-25(22)26)39-34(40-32)47-21-36-12-5-9-27(36)42(14-6-13-36)23-10-11-23/h3-4,7-8,17-18,23,27,43-44H,5-6,9-16,19-21H2,1-2H3/t27-,35+,36-/m1/s1. The van der Waals surface area contributed by atoms with Crippen molar-refractivity contribution in [2.75, 3.05) is 51.5 Å². The number of halogens is 1. The minimum absolute atomic E-state index is 0.00346. The van der Waals surface area contributed by atoms with E-state index >= 15 is 4.39 Å². The van der Waals surface area contributed by atoms with Crippen LogP contribution in [0.3, 0.4) is 0 Å². The third kappa shape index (κ3) is 5.52. The van der Waals surface area contributed by atoms with Crippen LogP contribution in [0, 0.1) is 11.2 Å². The lowest BCUT2D eigenvalue weighted by atomic mass is 9.75. The van der Waals surface area contributed by atoms with E-state index in [-0.39, 0.29) is 52.8 Å². The smallest absolute Gasteiger partial charge is 0.319 e. The normalized spacial score (nSPS) is 26.8. The summed E-state index contributed by atoms with van der Waals surface area (Å²) >= 11 is 0. The van der Waals surface area contributed by atoms with Gasteiger partial charge in [0.25, 0.3) is 0 Å². The fourth-order valence-electron chi connectivity index (χ4n) is 8.39. The first-order valence-corrected chi connectivity index (χ1v) is 16.9. The molecule has 2 aromatic carbocycles. The number of phenols is 1. The van der Waals surface area contributed by atoms with Gasteiger partial charge in [-0.2, -0.15) is 9.97 Å². The fourth-order valence-corrected chi connectivity index (χ4v) is 8.39. The number of ether oxygens (including phenoxy) is 3. The van der Waals surface area contributed by atoms with E-state index in [1.54, 1.807) is 13.0 Å². The van der Waals surface area contributed by atoms with Crippen molar-refractivity contribution in [2.24, 2.45) is 5.41 Å². The summed E-state index contributed by atoms with van der Waals surface area (Å²) in [6, 6.07) is 11.9. The van der Waals surface area contributed by atoms with E-state index in [4.69, 9.17) is 24.2 Å². The van der Waals surface area contributed by atoms with Gasteiger partial charge in [-0.3, -0.25) is 4.90 Å². The Hall–Kier alpha value is -3.80. The first-order chi connectivity index (χ1) is 22.7. The van der Waals surface area contributed by atoms with E-state index in [2.05, 4.69) is 9.88 Å². The predicted octanol–water partition coefficient (Wildman–Crippen LogP) is 5.46. The van der Waals surface area contributed by atoms with Gasteiger partial charge in [-0.25, -0.2) is 9.37 Å². The summed E-state index contributed by atoms with van der Waals surface area (Å²) < 4.78 is 35.1. The highest BCUT2D eigenvalue weighted by atomic mass is 19.1. The van der Waals surface area contributed by atoms with Crippen LogP contribution in [0.2, 0.25) is 0 Å². The van der Waals surface area contributed by atoms with Crippen LogP contribution in [-0.2, 0) is 4.74 Å². The largest absolute Gasteiger partial charge is 0.508 e. The van der Waals surface area contributed by atoms with Gasteiger partial charge in [-0.05, 0) is 74.9 Å². The minimum atomic E-state index is -1.17. The van der Waals surface area contributed by atoms with Gasteiger partial charge in [0.15, 0.2) is 5.82 Å². The number of aromatic hydroxyl groups is 1. The molecule has 2 N–H and O–H groups in total. The monoisotopic (exact) mass is 643 g/mol. The number of hydrogen-bond acceptors (Lipinski definition) is 10. The molecule has 8 rings (SSSR count). The van der Waals surface area contributed by atoms with Gasteiger partial charge in [0.05, 0.1) is 33.5 Å². The van der Waals surface area contributed by atoms with Crippen molar-refractivity contribution in [2.45, 2.75) is 69.6 Å². The van der Waals surface area contributed by atoms with Crippen LogP contribution in [-0.4, -0.2) is 94.3 Å². The summed E-state index contributed by atoms with van der Waals surface area (Å²) in [5.41, 5.74) is -0.724. The number of nitrogens with zero attached hydrogens (tertiary/aromatic N) is 5. The van der Waals surface area contributed by atoms with Crippen LogP contribution >= 0.6 is 0 Å². The van der Waals surface area contributed by atoms with Crippen molar-refractivity contribution in [3.63, 3.8) is 0 Å². The molecule has 2 aliphatic heterocycles. The van der Waals surface area contributed by atoms with Crippen LogP contribution < -0.4 is 14.4 Å². The lowest BCUT2D eigenvalue weighted by Gasteiger charge is -2.46. The van der Waals surface area contributed by atoms with Crippen molar-refractivity contribution < 1.29 is 28.8 Å². The number of benzene rings is 2. The Balaban J connectivity index is 1.27. The van der Waals surface area contributed by atoms with Gasteiger partial charge >= 0.3 is 6.01 Å². The average molecular weight is 644 g/mol. The molecular weight excluding hydrogens is 601 g/mol. The number of pyridine rings is 1. The number of fused-ring (bicyclic) bond motifs is 3. The summed E-state index contributed by atoms with van der Waals surface area (Å²) in [6.07, 6.45) is 8.22. The molecule has 2 saturated carbocycles. The van der Waals surface area contributed by atoms with E-state index in [0.717, 1.165) is 36.6 Å². The second-order valence-corrected chi connectivity index (χ2v) is 14.2. The van der Waals surface area contributed by atoms with Gasteiger partial charge in [0, 0.05) is 29.6 Å². The summed E-state index contributed by atoms with van der Waals surface area (Å²) in [7, 11) is 1.48. The molecule has 0 amide bonds. The van der Waals surface area contributed by atoms with Crippen LogP contribution in [0.15, 0.2) is 36.4 Å². The molecule has 0 spiro atoms. The lowest BCUT2D eigenvalue weighted by Crippen LogP contribution is -2.52. The van der Waals surface area contributed by atoms with Gasteiger partial charge in [0.2, 0.25) is 5.88 Å². The van der Waals surface area contributed by atoms with E-state index in [1.807, 2.05) is 29.2 Å². The molecule has 47 heavy (non-hydrogen) atoms. The molecule has 4 fully saturated rings. The highest BCUT2D eigenvalue weighted by molar-refractivity contribution is 6.01. The maximum absolute atomic E-state index is 17.0. The van der Waals surface area contributed by atoms with Crippen molar-refractivity contribution in [1.82, 2.24) is 19.9 Å². The highest BCUT2D eigenvalue weighted by Crippen LogP contribution is 2.51. The van der Waals surface area contributed by atoms with Gasteiger partial charge in [0.1, 0.15) is 33.8 Å². The highest BCUT2D eigenvalue weighted by Gasteiger charge is 2.51. The van der Waals surface area contributed by atoms with Crippen LogP contribution in [0.25, 0.3) is 32.9 Å². The third-order valence-electron chi connectivity index (χ3n) is 10.6. The summed E-state index contributed by atoms with van der Waals surface area (Å²) in [5.74, 6) is -0.166. The first-order valence-electron chi connectivity index (χ1n) is 16.9. The SMILES string of the molecule is COc1nc(-c2cc(O)cc3ccccc23)c(F)c2nc(OC[C@]34CCC[C@H]3N(C3CC3)CCC4)nc(N3CCOC[C@@](C)(O)C3)c12. The maximum atomic E-state index is 17.0. The molecule has 4 aromatic rings. The molecule has 3 atom stereocenters. The minimum Gasteiger partial charge on any atom is -0.508 e. The number of methoxy groups -OCH3 is 1. The molecule has 0 unspecified atom stereocenters. The number of aliphatic hydroxyl groups is 1. The van der Waals surface area contributed by atoms with Crippen molar-refractivity contribution in [3.05, 3.63) is 42.2 Å². The molecule has 2 saturated heterocycles. The molecule has 0 bridgehead atoms. The van der Waals surface area contributed by atoms with Gasteiger partial charge in [-0.1, -0.05) is 30.7 Å². The second-order valence-electron chi connectivity index (χ2n) is 14.2. The molecule has 4 aliphatic rings. The zero-order valence-corrected chi connectivity index (χ0v) is 27.0. The number of β-amino-alcohol motifs (C(OH)–C–C–N with tert-alkyl or cyclic N) is 1. The summed E-state index contributed by atoms with van der Waals surface area (Å²) in [6.45, 7) is 4.44. The number of hydrogen-bond donors (Lipinski definition) is 2. The number of aromatic nitrogens is 3. The zero-order valence-electron chi connectivity index (χ0n) is 27.0. The number of rotatable bonds is 7. The average Bonchev–Trinajstić information content (AvgIpc) is 3.85. The van der Waals surface area contributed by atoms with Gasteiger partial charge < -0.3 is 29.3 Å². The molecular formula is C36H42FN5O5. The Labute approximate surface area is 273 Å².